The summed E-state index contributed by atoms with van der Waals surface area (Å²) in [6, 6.07) is 9.59. The summed E-state index contributed by atoms with van der Waals surface area (Å²) in [7, 11) is 0. The molecule has 0 unspecified atom stereocenters. The van der Waals surface area contributed by atoms with Gasteiger partial charge in [0.2, 0.25) is 18.2 Å². The van der Waals surface area contributed by atoms with E-state index in [0.29, 0.717) is 18.7 Å². The molecule has 4 atom stereocenters. The van der Waals surface area contributed by atoms with Crippen LogP contribution in [0.5, 0.6) is 0 Å². The van der Waals surface area contributed by atoms with Gasteiger partial charge in [0.1, 0.15) is 0 Å². The van der Waals surface area contributed by atoms with Gasteiger partial charge in [-0.15, -0.1) is 11.8 Å². The van der Waals surface area contributed by atoms with E-state index in [1.165, 1.54) is 32.1 Å². The van der Waals surface area contributed by atoms with Crippen LogP contribution in [0.4, 0.5) is 0 Å². The molecule has 2 aliphatic rings. The first-order valence-electron chi connectivity index (χ1n) is 15.2. The average molecular weight is 593 g/mol. The lowest BCUT2D eigenvalue weighted by molar-refractivity contribution is -0.133. The quantitative estimate of drug-likeness (QED) is 0.220. The van der Waals surface area contributed by atoms with Crippen LogP contribution in [0.15, 0.2) is 35.2 Å². The summed E-state index contributed by atoms with van der Waals surface area (Å²) in [5.41, 5.74) is 4.45. The average Bonchev–Trinajstić information content (AvgIpc) is 2.92. The van der Waals surface area contributed by atoms with Crippen molar-refractivity contribution in [1.29, 1.82) is 0 Å². The standard InChI is InChI=1S/C25H39N3O3S.C5H11NO.C2H6/c1-25(2,24(26)31)14-23(30)27-21(17-32-20-10-4-3-5-11-20)22(29)16-28-13-12-18-8-6-7-9-19(18)15-28;1-5(2,3)6-4-7;1-2/h3-5,10-11,18-19,21-22,29H,6-9,12-17H2,1-2H3,(H2,26,31)(H,27,30);4H,1-3H3,(H,6,7);1-2H3/t18-,19+,21-,22+;;/m0../s1. The van der Waals surface area contributed by atoms with E-state index >= 15 is 0 Å². The number of nitrogens with two attached hydrogens (primary N) is 1. The summed E-state index contributed by atoms with van der Waals surface area (Å²) in [6.07, 6.45) is 6.57. The van der Waals surface area contributed by atoms with Crippen molar-refractivity contribution in [2.45, 2.75) is 110 Å². The van der Waals surface area contributed by atoms with E-state index in [0.717, 1.165) is 29.8 Å². The van der Waals surface area contributed by atoms with Crippen molar-refractivity contribution in [3.05, 3.63) is 30.3 Å². The molecule has 0 radical (unpaired) electrons. The molecule has 3 rings (SSSR count). The SMILES string of the molecule is CC.CC(C)(C)NC=O.CC(C)(CC(=O)N[C@@H](CSc1ccccc1)[C@H](O)CN1CC[C@@H]2CCCC[C@@H]2C1)C(N)=O. The summed E-state index contributed by atoms with van der Waals surface area (Å²) in [6.45, 7) is 15.8. The maximum atomic E-state index is 12.7. The Balaban J connectivity index is 0.000000816. The Hall–Kier alpha value is -2.10. The molecule has 1 saturated carbocycles. The third kappa shape index (κ3) is 14.6. The number of carbonyl (C=O) groups excluding carboxylic acids is 3. The van der Waals surface area contributed by atoms with Crippen LogP contribution in [0.25, 0.3) is 0 Å². The summed E-state index contributed by atoms with van der Waals surface area (Å²) in [5, 5.41) is 16.7. The van der Waals surface area contributed by atoms with Gasteiger partial charge in [-0.1, -0.05) is 65.2 Å². The fourth-order valence-electron chi connectivity index (χ4n) is 5.11. The van der Waals surface area contributed by atoms with Gasteiger partial charge in [-0.05, 0) is 64.1 Å². The molecular formula is C32H56N4O4S. The molecular weight excluding hydrogens is 536 g/mol. The Morgan fingerprint density at radius 3 is 2.22 bits per heavy atom. The molecule has 41 heavy (non-hydrogen) atoms. The Bertz CT molecular complexity index is 907. The van der Waals surface area contributed by atoms with Crippen molar-refractivity contribution < 1.29 is 19.5 Å². The highest BCUT2D eigenvalue weighted by Gasteiger charge is 2.34. The molecule has 1 aromatic rings. The predicted octanol–water partition coefficient (Wildman–Crippen LogP) is 4.60. The molecule has 1 aliphatic carbocycles. The van der Waals surface area contributed by atoms with Crippen LogP contribution in [0.2, 0.25) is 0 Å². The summed E-state index contributed by atoms with van der Waals surface area (Å²) in [5.74, 6) is 1.40. The van der Waals surface area contributed by atoms with Gasteiger partial charge >= 0.3 is 0 Å². The number of primary amides is 1. The molecule has 1 aromatic carbocycles. The molecule has 8 nitrogen and oxygen atoms in total. The summed E-state index contributed by atoms with van der Waals surface area (Å²) < 4.78 is 0. The van der Waals surface area contributed by atoms with Crippen molar-refractivity contribution in [3.63, 3.8) is 0 Å². The van der Waals surface area contributed by atoms with Crippen LogP contribution in [0.3, 0.4) is 0 Å². The largest absolute Gasteiger partial charge is 0.390 e. The number of aliphatic hydroxyl groups excluding tert-OH is 1. The first kappa shape index (κ1) is 36.9. The number of β-amino-alcohol motifs (C(OH)–C–C–N with tert-alkyl or cyclic N) is 1. The van der Waals surface area contributed by atoms with Gasteiger partial charge < -0.3 is 26.4 Å². The third-order valence-electron chi connectivity index (χ3n) is 7.57. The number of nitrogens with one attached hydrogen (secondary N) is 2. The Kier molecular flexibility index (Phi) is 16.6. The molecule has 9 heteroatoms. The lowest BCUT2D eigenvalue weighted by Crippen LogP contribution is -2.53. The normalized spacial score (nSPS) is 20.5. The number of aliphatic hydroxyl groups is 1. The van der Waals surface area contributed by atoms with E-state index in [9.17, 15) is 19.5 Å². The van der Waals surface area contributed by atoms with Gasteiger partial charge in [-0.3, -0.25) is 14.4 Å². The molecule has 0 spiro atoms. The van der Waals surface area contributed by atoms with E-state index in [2.05, 4.69) is 15.5 Å². The molecule has 2 fully saturated rings. The number of nitrogens with zero attached hydrogens (tertiary/aromatic N) is 1. The number of piperidine rings is 1. The zero-order chi connectivity index (χ0) is 31.1. The van der Waals surface area contributed by atoms with Crippen molar-refractivity contribution in [3.8, 4) is 0 Å². The van der Waals surface area contributed by atoms with E-state index in [1.54, 1.807) is 25.6 Å². The fraction of sp³-hybridized carbons (Fsp3) is 0.719. The van der Waals surface area contributed by atoms with Gasteiger partial charge in [0, 0.05) is 35.7 Å². The van der Waals surface area contributed by atoms with Gasteiger partial charge in [0.25, 0.3) is 0 Å². The van der Waals surface area contributed by atoms with Crippen molar-refractivity contribution in [2.24, 2.45) is 23.0 Å². The highest BCUT2D eigenvalue weighted by molar-refractivity contribution is 7.99. The maximum Gasteiger partial charge on any atom is 0.223 e. The summed E-state index contributed by atoms with van der Waals surface area (Å²) >= 11 is 1.62. The fourth-order valence-corrected chi connectivity index (χ4v) is 6.14. The van der Waals surface area contributed by atoms with Gasteiger partial charge in [0.15, 0.2) is 0 Å². The zero-order valence-electron chi connectivity index (χ0n) is 26.4. The maximum absolute atomic E-state index is 12.7. The molecule has 0 aromatic heterocycles. The van der Waals surface area contributed by atoms with E-state index < -0.39 is 23.5 Å². The van der Waals surface area contributed by atoms with Gasteiger partial charge in [-0.25, -0.2) is 0 Å². The molecule has 1 aliphatic heterocycles. The number of fused-ring (bicyclic) bond motifs is 1. The Morgan fingerprint density at radius 1 is 1.07 bits per heavy atom. The first-order valence-corrected chi connectivity index (χ1v) is 16.2. The topological polar surface area (TPSA) is 125 Å². The molecule has 1 heterocycles. The van der Waals surface area contributed by atoms with Crippen LogP contribution >= 0.6 is 11.8 Å². The van der Waals surface area contributed by atoms with Crippen LogP contribution in [-0.2, 0) is 14.4 Å². The second-order valence-corrected chi connectivity index (χ2v) is 13.7. The molecule has 5 N–H and O–H groups in total. The number of hydrogen-bond donors (Lipinski definition) is 4. The number of rotatable bonds is 11. The highest BCUT2D eigenvalue weighted by Crippen LogP contribution is 2.36. The van der Waals surface area contributed by atoms with E-state index in [4.69, 9.17) is 5.73 Å². The third-order valence-corrected chi connectivity index (χ3v) is 8.70. The highest BCUT2D eigenvalue weighted by atomic mass is 32.2. The van der Waals surface area contributed by atoms with Crippen LogP contribution in [0.1, 0.15) is 87.0 Å². The first-order chi connectivity index (χ1) is 19.3. The van der Waals surface area contributed by atoms with Crippen molar-refractivity contribution in [2.75, 3.05) is 25.4 Å². The number of hydrogen-bond acceptors (Lipinski definition) is 6. The van der Waals surface area contributed by atoms with E-state index in [1.807, 2.05) is 65.0 Å². The van der Waals surface area contributed by atoms with Crippen molar-refractivity contribution >= 4 is 30.0 Å². The molecule has 234 valence electrons. The van der Waals surface area contributed by atoms with Gasteiger partial charge in [0.05, 0.1) is 17.6 Å². The van der Waals surface area contributed by atoms with Crippen LogP contribution < -0.4 is 16.4 Å². The van der Waals surface area contributed by atoms with Gasteiger partial charge in [-0.2, -0.15) is 0 Å². The zero-order valence-corrected chi connectivity index (χ0v) is 27.3. The minimum atomic E-state index is -0.922. The second-order valence-electron chi connectivity index (χ2n) is 12.7. The Morgan fingerprint density at radius 2 is 1.68 bits per heavy atom. The number of amides is 3. The Labute approximate surface area is 253 Å². The monoisotopic (exact) mass is 592 g/mol. The van der Waals surface area contributed by atoms with Crippen LogP contribution in [-0.4, -0.2) is 71.3 Å². The van der Waals surface area contributed by atoms with Crippen molar-refractivity contribution in [1.82, 2.24) is 15.5 Å². The number of benzene rings is 1. The number of likely N-dealkylation sites (tertiary alicyclic amines) is 1. The molecule has 3 amide bonds. The summed E-state index contributed by atoms with van der Waals surface area (Å²) in [4.78, 5) is 37.5. The van der Waals surface area contributed by atoms with E-state index in [-0.39, 0.29) is 17.9 Å². The number of carbonyl (C=O) groups is 3. The smallest absolute Gasteiger partial charge is 0.223 e. The second kappa shape index (κ2) is 18.4. The lowest BCUT2D eigenvalue weighted by atomic mass is 9.75. The minimum absolute atomic E-state index is 0.00895. The van der Waals surface area contributed by atoms with Crippen LogP contribution in [0, 0.1) is 17.3 Å². The molecule has 1 saturated heterocycles. The predicted molar refractivity (Wildman–Crippen MR) is 170 cm³/mol. The molecule has 0 bridgehead atoms. The minimum Gasteiger partial charge on any atom is -0.390 e. The number of thioether (sulfide) groups is 1. The lowest BCUT2D eigenvalue weighted by Gasteiger charge is -2.42.